The van der Waals surface area contributed by atoms with Crippen molar-refractivity contribution in [3.63, 3.8) is 0 Å². The van der Waals surface area contributed by atoms with E-state index in [-0.39, 0.29) is 5.69 Å². The van der Waals surface area contributed by atoms with Crippen LogP contribution in [0, 0.1) is 0 Å². The van der Waals surface area contributed by atoms with Gasteiger partial charge in [-0.2, -0.15) is 0 Å². The fourth-order valence-corrected chi connectivity index (χ4v) is 3.02. The Hall–Kier alpha value is -2.64. The number of aliphatic imine (C=N–C) groups is 2. The molecule has 0 amide bonds. The molecule has 2 aromatic heterocycles. The number of aromatic nitrogens is 3. The molecular weight excluding hydrogens is 338 g/mol. The quantitative estimate of drug-likeness (QED) is 0.604. The van der Waals surface area contributed by atoms with E-state index >= 15 is 0 Å². The Balaban J connectivity index is 1.86. The summed E-state index contributed by atoms with van der Waals surface area (Å²) in [6, 6.07) is 0. The number of hydrogen-bond donors (Lipinski definition) is 0. The molecular formula is C18H22F2N6. The van der Waals surface area contributed by atoms with Crippen LogP contribution >= 0.6 is 0 Å². The van der Waals surface area contributed by atoms with Gasteiger partial charge in [0.2, 0.25) is 0 Å². The number of imidazole rings is 1. The van der Waals surface area contributed by atoms with Crippen LogP contribution in [0.15, 0.2) is 40.9 Å². The van der Waals surface area contributed by atoms with Gasteiger partial charge in [0.1, 0.15) is 11.5 Å². The van der Waals surface area contributed by atoms with E-state index in [1.54, 1.807) is 16.8 Å². The summed E-state index contributed by atoms with van der Waals surface area (Å²) in [6.07, 6.45) is 9.88. The Bertz CT molecular complexity index is 803. The summed E-state index contributed by atoms with van der Waals surface area (Å²) in [6.45, 7) is 5.71. The smallest absolute Gasteiger partial charge is 0.281 e. The molecule has 0 spiro atoms. The minimum absolute atomic E-state index is 0.274. The van der Waals surface area contributed by atoms with Crippen LogP contribution < -0.4 is 0 Å². The second kappa shape index (κ2) is 8.64. The van der Waals surface area contributed by atoms with Crippen LogP contribution in [0.5, 0.6) is 0 Å². The number of hydrogen-bond acceptors (Lipinski definition) is 4. The van der Waals surface area contributed by atoms with E-state index in [1.807, 2.05) is 6.08 Å². The van der Waals surface area contributed by atoms with Crippen molar-refractivity contribution < 1.29 is 8.78 Å². The zero-order valence-corrected chi connectivity index (χ0v) is 14.6. The van der Waals surface area contributed by atoms with Gasteiger partial charge in [0.15, 0.2) is 5.65 Å². The van der Waals surface area contributed by atoms with Crippen LogP contribution in [0.3, 0.4) is 0 Å². The molecule has 1 aliphatic heterocycles. The first-order valence-corrected chi connectivity index (χ1v) is 8.71. The molecule has 3 rings (SSSR count). The Morgan fingerprint density at radius 1 is 1.19 bits per heavy atom. The van der Waals surface area contributed by atoms with Crippen molar-refractivity contribution in [2.75, 3.05) is 13.1 Å². The molecule has 0 N–H and O–H groups in total. The summed E-state index contributed by atoms with van der Waals surface area (Å²) >= 11 is 0. The van der Waals surface area contributed by atoms with Crippen molar-refractivity contribution >= 4 is 18.2 Å². The molecule has 0 bridgehead atoms. The number of halogens is 2. The van der Waals surface area contributed by atoms with E-state index in [1.165, 1.54) is 25.2 Å². The lowest BCUT2D eigenvalue weighted by Crippen LogP contribution is -2.30. The number of likely N-dealkylation sites (tertiary alicyclic amines) is 1. The average Bonchev–Trinajstić information content (AvgIpc) is 2.86. The van der Waals surface area contributed by atoms with Crippen LogP contribution in [0.4, 0.5) is 8.78 Å². The summed E-state index contributed by atoms with van der Waals surface area (Å²) < 4.78 is 27.4. The molecule has 1 fully saturated rings. The summed E-state index contributed by atoms with van der Waals surface area (Å²) in [5.74, 6) is 0.831. The lowest BCUT2D eigenvalue weighted by molar-refractivity contribution is 0.145. The van der Waals surface area contributed by atoms with Crippen molar-refractivity contribution in [3.8, 4) is 0 Å². The van der Waals surface area contributed by atoms with Gasteiger partial charge in [0, 0.05) is 25.5 Å². The van der Waals surface area contributed by atoms with E-state index in [9.17, 15) is 8.78 Å². The highest BCUT2D eigenvalue weighted by Crippen LogP contribution is 2.18. The zero-order valence-electron chi connectivity index (χ0n) is 14.6. The van der Waals surface area contributed by atoms with Gasteiger partial charge >= 0.3 is 0 Å². The van der Waals surface area contributed by atoms with E-state index in [2.05, 4.69) is 26.6 Å². The molecule has 1 aliphatic rings. The highest BCUT2D eigenvalue weighted by atomic mass is 19.3. The fraction of sp³-hybridized carbons (Fsp3) is 0.444. The van der Waals surface area contributed by atoms with E-state index < -0.39 is 6.43 Å². The third-order valence-corrected chi connectivity index (χ3v) is 4.38. The Morgan fingerprint density at radius 2 is 1.96 bits per heavy atom. The highest BCUT2D eigenvalue weighted by Gasteiger charge is 2.14. The maximum absolute atomic E-state index is 12.9. The van der Waals surface area contributed by atoms with Crippen LogP contribution in [-0.2, 0) is 6.54 Å². The summed E-state index contributed by atoms with van der Waals surface area (Å²) in [5.41, 5.74) is 0.986. The maximum Gasteiger partial charge on any atom is 0.281 e. The molecule has 3 heterocycles. The monoisotopic (exact) mass is 360 g/mol. The van der Waals surface area contributed by atoms with Crippen molar-refractivity contribution in [1.29, 1.82) is 0 Å². The molecule has 0 aromatic carbocycles. The second-order valence-electron chi connectivity index (χ2n) is 6.16. The number of rotatable bonds is 5. The van der Waals surface area contributed by atoms with Crippen molar-refractivity contribution in [3.05, 3.63) is 42.3 Å². The number of amidine groups is 1. The molecule has 26 heavy (non-hydrogen) atoms. The van der Waals surface area contributed by atoms with Gasteiger partial charge in [0.05, 0.1) is 24.6 Å². The van der Waals surface area contributed by atoms with E-state index in [0.29, 0.717) is 12.2 Å². The van der Waals surface area contributed by atoms with Gasteiger partial charge in [-0.3, -0.25) is 14.4 Å². The molecule has 6 nitrogen and oxygen atoms in total. The number of fused-ring (bicyclic) bond motifs is 1. The summed E-state index contributed by atoms with van der Waals surface area (Å²) in [7, 11) is 0. The molecule has 0 aliphatic carbocycles. The second-order valence-corrected chi connectivity index (χ2v) is 6.16. The normalized spacial score (nSPS) is 16.6. The fourth-order valence-electron chi connectivity index (χ4n) is 3.02. The van der Waals surface area contributed by atoms with Crippen molar-refractivity contribution in [2.45, 2.75) is 38.7 Å². The lowest BCUT2D eigenvalue weighted by Gasteiger charge is -2.22. The number of nitrogens with zero attached hydrogens (tertiary/aromatic N) is 6. The minimum atomic E-state index is -2.62. The third-order valence-electron chi connectivity index (χ3n) is 4.38. The molecule has 0 radical (unpaired) electrons. The largest absolute Gasteiger partial charge is 0.357 e. The maximum atomic E-state index is 12.9. The van der Waals surface area contributed by atoms with Gasteiger partial charge in [-0.05, 0) is 25.6 Å². The van der Waals surface area contributed by atoms with Crippen LogP contribution in [0.1, 0.15) is 43.5 Å². The average molecular weight is 360 g/mol. The Morgan fingerprint density at radius 3 is 2.65 bits per heavy atom. The Kier molecular flexibility index (Phi) is 6.04. The Labute approximate surface area is 151 Å². The van der Waals surface area contributed by atoms with Gasteiger partial charge in [-0.1, -0.05) is 12.8 Å². The first-order valence-electron chi connectivity index (χ1n) is 8.71. The summed E-state index contributed by atoms with van der Waals surface area (Å²) in [4.78, 5) is 18.6. The highest BCUT2D eigenvalue weighted by molar-refractivity contribution is 5.93. The lowest BCUT2D eigenvalue weighted by atomic mass is 10.2. The molecule has 0 saturated carbocycles. The first-order chi connectivity index (χ1) is 12.7. The molecule has 0 atom stereocenters. The molecule has 0 unspecified atom stereocenters. The van der Waals surface area contributed by atoms with Gasteiger partial charge in [-0.15, -0.1) is 0 Å². The van der Waals surface area contributed by atoms with Gasteiger partial charge in [-0.25, -0.2) is 18.7 Å². The van der Waals surface area contributed by atoms with Crippen LogP contribution in [0.25, 0.3) is 5.65 Å². The molecule has 8 heteroatoms. The molecule has 138 valence electrons. The van der Waals surface area contributed by atoms with Crippen molar-refractivity contribution in [2.24, 2.45) is 9.98 Å². The minimum Gasteiger partial charge on any atom is -0.357 e. The first kappa shape index (κ1) is 18.2. The van der Waals surface area contributed by atoms with Gasteiger partial charge < -0.3 is 4.90 Å². The number of alkyl halides is 2. The van der Waals surface area contributed by atoms with Crippen LogP contribution in [-0.4, -0.2) is 44.9 Å². The predicted molar refractivity (Wildman–Crippen MR) is 97.8 cm³/mol. The standard InChI is InChI=1S/C18H22F2N6/c1-21-7-6-16(25-8-4-2-3-5-9-25)23-10-14-11-24-17-12-22-15(18(19)20)13-26(14)17/h6-7,11-13,18H,1-5,8-10H2/b7-6-,23-16?. The summed E-state index contributed by atoms with van der Waals surface area (Å²) in [5, 5.41) is 0. The zero-order chi connectivity index (χ0) is 18.4. The van der Waals surface area contributed by atoms with Crippen LogP contribution in [0.2, 0.25) is 0 Å². The van der Waals surface area contributed by atoms with Crippen molar-refractivity contribution in [1.82, 2.24) is 19.3 Å². The van der Waals surface area contributed by atoms with E-state index in [4.69, 9.17) is 4.99 Å². The van der Waals surface area contributed by atoms with E-state index in [0.717, 1.165) is 37.5 Å². The molecule has 2 aromatic rings. The van der Waals surface area contributed by atoms with Gasteiger partial charge in [0.25, 0.3) is 6.43 Å². The molecule has 1 saturated heterocycles. The third kappa shape index (κ3) is 4.30. The SMILES string of the molecule is C=N/C=C\C(=NCc1cnc2cnc(C(F)F)cn12)N1CCCCCC1. The topological polar surface area (TPSA) is 58.1 Å². The predicted octanol–water partition coefficient (Wildman–Crippen LogP) is 3.66.